The van der Waals surface area contributed by atoms with Crippen LogP contribution in [-0.4, -0.2) is 44.7 Å². The molecule has 0 spiro atoms. The minimum Gasteiger partial charge on any atom is -0.493 e. The van der Waals surface area contributed by atoms with Gasteiger partial charge in [-0.05, 0) is 37.5 Å². The van der Waals surface area contributed by atoms with Crippen molar-refractivity contribution in [2.75, 3.05) is 19.7 Å². The lowest BCUT2D eigenvalue weighted by atomic mass is 10.1. The number of aromatic nitrogens is 3. The molecule has 1 fully saturated rings. The minimum absolute atomic E-state index is 0.117. The summed E-state index contributed by atoms with van der Waals surface area (Å²) in [5.41, 5.74) is 1.91. The number of aryl methyl sites for hydroxylation is 1. The summed E-state index contributed by atoms with van der Waals surface area (Å²) >= 11 is 0. The SMILES string of the molecule is CCCCOc1ccccc1-c1cc2c(=O)n(CCC(=O)N3CCCC3)ccn2n1. The average molecular weight is 409 g/mol. The van der Waals surface area contributed by atoms with Crippen LogP contribution in [0.3, 0.4) is 0 Å². The number of carbonyl (C=O) groups excluding carboxylic acids is 1. The molecule has 0 unspecified atom stereocenters. The zero-order valence-electron chi connectivity index (χ0n) is 17.4. The molecule has 7 heteroatoms. The van der Waals surface area contributed by atoms with Crippen LogP contribution in [0.1, 0.15) is 39.0 Å². The first kappa shape index (κ1) is 20.2. The maximum absolute atomic E-state index is 12.9. The monoisotopic (exact) mass is 408 g/mol. The molecule has 0 aliphatic carbocycles. The summed E-state index contributed by atoms with van der Waals surface area (Å²) in [6.45, 7) is 4.82. The van der Waals surface area contributed by atoms with E-state index in [-0.39, 0.29) is 11.5 Å². The van der Waals surface area contributed by atoms with E-state index in [4.69, 9.17) is 4.74 Å². The fourth-order valence-corrected chi connectivity index (χ4v) is 3.81. The first-order valence-electron chi connectivity index (χ1n) is 10.8. The number of fused-ring (bicyclic) bond motifs is 1. The van der Waals surface area contributed by atoms with Crippen molar-refractivity contribution in [2.45, 2.75) is 45.6 Å². The van der Waals surface area contributed by atoms with Crippen LogP contribution < -0.4 is 10.3 Å². The Morgan fingerprint density at radius 1 is 1.17 bits per heavy atom. The van der Waals surface area contributed by atoms with Crippen molar-refractivity contribution >= 4 is 11.4 Å². The number of unbranched alkanes of at least 4 members (excludes halogenated alkanes) is 1. The fraction of sp³-hybridized carbons (Fsp3) is 0.435. The summed E-state index contributed by atoms with van der Waals surface area (Å²) in [6, 6.07) is 9.55. The average Bonchev–Trinajstić information content (AvgIpc) is 3.44. The molecule has 3 aromatic rings. The molecule has 0 saturated carbocycles. The minimum atomic E-state index is -0.144. The van der Waals surface area contributed by atoms with E-state index < -0.39 is 0 Å². The van der Waals surface area contributed by atoms with Crippen LogP contribution >= 0.6 is 0 Å². The van der Waals surface area contributed by atoms with E-state index in [0.29, 0.717) is 30.8 Å². The van der Waals surface area contributed by atoms with Gasteiger partial charge in [0.2, 0.25) is 5.91 Å². The number of hydrogen-bond donors (Lipinski definition) is 0. The second kappa shape index (κ2) is 9.15. The van der Waals surface area contributed by atoms with E-state index >= 15 is 0 Å². The van der Waals surface area contributed by atoms with Crippen molar-refractivity contribution in [2.24, 2.45) is 0 Å². The van der Waals surface area contributed by atoms with E-state index in [9.17, 15) is 9.59 Å². The Bertz CT molecular complexity index is 1080. The highest BCUT2D eigenvalue weighted by Gasteiger charge is 2.18. The summed E-state index contributed by atoms with van der Waals surface area (Å²) in [6.07, 6.45) is 8.00. The van der Waals surface area contributed by atoms with Crippen molar-refractivity contribution in [3.8, 4) is 17.0 Å². The van der Waals surface area contributed by atoms with E-state index in [1.54, 1.807) is 27.5 Å². The number of ether oxygens (including phenoxy) is 1. The third kappa shape index (κ3) is 4.25. The molecule has 0 N–H and O–H groups in total. The number of amides is 1. The van der Waals surface area contributed by atoms with Gasteiger partial charge in [0.15, 0.2) is 0 Å². The van der Waals surface area contributed by atoms with E-state index in [0.717, 1.165) is 50.1 Å². The first-order valence-corrected chi connectivity index (χ1v) is 10.8. The highest BCUT2D eigenvalue weighted by molar-refractivity contribution is 5.76. The highest BCUT2D eigenvalue weighted by atomic mass is 16.5. The summed E-state index contributed by atoms with van der Waals surface area (Å²) < 4.78 is 9.11. The number of para-hydroxylation sites is 1. The first-order chi connectivity index (χ1) is 14.7. The Balaban J connectivity index is 1.56. The quantitative estimate of drug-likeness (QED) is 0.536. The fourth-order valence-electron chi connectivity index (χ4n) is 3.81. The van der Waals surface area contributed by atoms with Gasteiger partial charge in [-0.3, -0.25) is 9.59 Å². The summed E-state index contributed by atoms with van der Waals surface area (Å²) in [4.78, 5) is 27.1. The van der Waals surface area contributed by atoms with Crippen molar-refractivity contribution in [3.05, 3.63) is 53.1 Å². The van der Waals surface area contributed by atoms with E-state index in [2.05, 4.69) is 12.0 Å². The van der Waals surface area contributed by atoms with Crippen molar-refractivity contribution in [3.63, 3.8) is 0 Å². The zero-order valence-corrected chi connectivity index (χ0v) is 17.4. The molecule has 1 aliphatic rings. The van der Waals surface area contributed by atoms with Gasteiger partial charge in [-0.15, -0.1) is 0 Å². The Morgan fingerprint density at radius 3 is 2.77 bits per heavy atom. The van der Waals surface area contributed by atoms with Gasteiger partial charge in [0.25, 0.3) is 5.56 Å². The predicted molar refractivity (Wildman–Crippen MR) is 116 cm³/mol. The predicted octanol–water partition coefficient (Wildman–Crippen LogP) is 3.35. The van der Waals surface area contributed by atoms with Crippen LogP contribution in [0.2, 0.25) is 0 Å². The molecule has 4 rings (SSSR count). The second-order valence-corrected chi connectivity index (χ2v) is 7.69. The standard InChI is InChI=1S/C23H28N4O3/c1-2-3-16-30-21-9-5-4-8-18(21)19-17-20-23(29)26(14-15-27(20)24-19)13-10-22(28)25-11-6-7-12-25/h4-5,8-9,14-15,17H,2-3,6-7,10-13,16H2,1H3. The topological polar surface area (TPSA) is 68.8 Å². The summed E-state index contributed by atoms with van der Waals surface area (Å²) in [7, 11) is 0. The molecule has 1 aromatic carbocycles. The van der Waals surface area contributed by atoms with Gasteiger partial charge in [-0.2, -0.15) is 5.10 Å². The number of hydrogen-bond acceptors (Lipinski definition) is 4. The van der Waals surface area contributed by atoms with Gasteiger partial charge in [0.1, 0.15) is 11.3 Å². The van der Waals surface area contributed by atoms with Crippen molar-refractivity contribution in [1.29, 1.82) is 0 Å². The molecule has 3 heterocycles. The third-order valence-corrected chi connectivity index (χ3v) is 5.55. The lowest BCUT2D eigenvalue weighted by Crippen LogP contribution is -2.30. The summed E-state index contributed by atoms with van der Waals surface area (Å²) in [5.74, 6) is 0.887. The molecular weight excluding hydrogens is 380 g/mol. The van der Waals surface area contributed by atoms with Gasteiger partial charge >= 0.3 is 0 Å². The number of benzene rings is 1. The number of nitrogens with zero attached hydrogens (tertiary/aromatic N) is 4. The smallest absolute Gasteiger partial charge is 0.276 e. The third-order valence-electron chi connectivity index (χ3n) is 5.55. The van der Waals surface area contributed by atoms with Gasteiger partial charge < -0.3 is 14.2 Å². The molecule has 158 valence electrons. The molecule has 0 radical (unpaired) electrons. The van der Waals surface area contributed by atoms with Gasteiger partial charge in [-0.1, -0.05) is 25.5 Å². The Labute approximate surface area is 175 Å². The van der Waals surface area contributed by atoms with Crippen LogP contribution in [0.5, 0.6) is 5.75 Å². The largest absolute Gasteiger partial charge is 0.493 e. The maximum atomic E-state index is 12.9. The normalized spacial score (nSPS) is 13.8. The molecule has 0 bridgehead atoms. The molecule has 1 amide bonds. The van der Waals surface area contributed by atoms with Crippen LogP contribution in [-0.2, 0) is 11.3 Å². The zero-order chi connectivity index (χ0) is 20.9. The molecule has 1 aliphatic heterocycles. The number of carbonyl (C=O) groups is 1. The molecule has 2 aromatic heterocycles. The highest BCUT2D eigenvalue weighted by Crippen LogP contribution is 2.29. The molecule has 30 heavy (non-hydrogen) atoms. The number of rotatable bonds is 8. The number of likely N-dealkylation sites (tertiary alicyclic amines) is 1. The lowest BCUT2D eigenvalue weighted by molar-refractivity contribution is -0.130. The second-order valence-electron chi connectivity index (χ2n) is 7.69. The van der Waals surface area contributed by atoms with Gasteiger partial charge in [-0.25, -0.2) is 4.52 Å². The molecular formula is C23H28N4O3. The molecule has 0 atom stereocenters. The Kier molecular flexibility index (Phi) is 6.16. The van der Waals surface area contributed by atoms with Crippen LogP contribution in [0.25, 0.3) is 16.8 Å². The van der Waals surface area contributed by atoms with Crippen molar-refractivity contribution in [1.82, 2.24) is 19.1 Å². The van der Waals surface area contributed by atoms with Crippen LogP contribution in [0.4, 0.5) is 0 Å². The Morgan fingerprint density at radius 2 is 1.97 bits per heavy atom. The lowest BCUT2D eigenvalue weighted by Gasteiger charge is -2.15. The van der Waals surface area contributed by atoms with E-state index in [1.807, 2.05) is 29.2 Å². The van der Waals surface area contributed by atoms with Crippen LogP contribution in [0.15, 0.2) is 47.5 Å². The molecule has 7 nitrogen and oxygen atoms in total. The maximum Gasteiger partial charge on any atom is 0.276 e. The van der Waals surface area contributed by atoms with Crippen LogP contribution in [0, 0.1) is 0 Å². The Hall–Kier alpha value is -3.09. The van der Waals surface area contributed by atoms with Crippen molar-refractivity contribution < 1.29 is 9.53 Å². The van der Waals surface area contributed by atoms with Gasteiger partial charge in [0.05, 0.1) is 12.3 Å². The summed E-state index contributed by atoms with van der Waals surface area (Å²) in [5, 5.41) is 4.58. The van der Waals surface area contributed by atoms with Gasteiger partial charge in [0, 0.05) is 44.0 Å². The van der Waals surface area contributed by atoms with E-state index in [1.165, 1.54) is 0 Å². The molecule has 1 saturated heterocycles.